The van der Waals surface area contributed by atoms with Gasteiger partial charge in [0.2, 0.25) is 0 Å². The average molecular weight is 276 g/mol. The fourth-order valence-corrected chi connectivity index (χ4v) is 4.05. The second kappa shape index (κ2) is 6.52. The molecule has 0 heterocycles. The second-order valence-corrected chi connectivity index (χ2v) is 6.05. The predicted octanol–water partition coefficient (Wildman–Crippen LogP) is 3.11. The molecular formula is C11H16Te. The molecule has 0 aliphatic carbocycles. The molecule has 66 valence electrons. The first-order chi connectivity index (χ1) is 5.93. The Morgan fingerprint density at radius 3 is 2.58 bits per heavy atom. The minimum atomic E-state index is 0.275. The molecule has 0 nitrogen and oxygen atoms in total. The van der Waals surface area contributed by atoms with Crippen LogP contribution in [0.25, 0.3) is 0 Å². The van der Waals surface area contributed by atoms with E-state index in [0.29, 0.717) is 0 Å². The van der Waals surface area contributed by atoms with Crippen LogP contribution in [0.4, 0.5) is 0 Å². The first-order valence-corrected chi connectivity index (χ1v) is 7.84. The molecule has 1 rings (SSSR count). The Kier molecular flexibility index (Phi) is 5.48. The zero-order chi connectivity index (χ0) is 8.65. The molecule has 0 saturated carbocycles. The summed E-state index contributed by atoms with van der Waals surface area (Å²) in [5.74, 6) is 0. The van der Waals surface area contributed by atoms with Gasteiger partial charge in [0.1, 0.15) is 0 Å². The summed E-state index contributed by atoms with van der Waals surface area (Å²) in [6.07, 6.45) is 2.80. The summed E-state index contributed by atoms with van der Waals surface area (Å²) >= 11 is 0.275. The molecule has 1 aromatic rings. The van der Waals surface area contributed by atoms with Gasteiger partial charge >= 0.3 is 85.5 Å². The summed E-state index contributed by atoms with van der Waals surface area (Å²) in [5, 5.41) is 0. The van der Waals surface area contributed by atoms with Gasteiger partial charge in [-0.1, -0.05) is 0 Å². The Bertz CT molecular complexity index is 193. The molecule has 12 heavy (non-hydrogen) atoms. The van der Waals surface area contributed by atoms with E-state index in [0.717, 1.165) is 0 Å². The number of benzene rings is 1. The van der Waals surface area contributed by atoms with E-state index in [-0.39, 0.29) is 20.9 Å². The summed E-state index contributed by atoms with van der Waals surface area (Å²) in [6.45, 7) is 2.27. The van der Waals surface area contributed by atoms with E-state index in [2.05, 4.69) is 37.3 Å². The summed E-state index contributed by atoms with van der Waals surface area (Å²) in [7, 11) is 0. The van der Waals surface area contributed by atoms with Gasteiger partial charge in [-0.3, -0.25) is 0 Å². The van der Waals surface area contributed by atoms with Crippen LogP contribution in [-0.4, -0.2) is 20.9 Å². The van der Waals surface area contributed by atoms with Gasteiger partial charge in [0.05, 0.1) is 0 Å². The SMILES string of the molecule is CCCC[Te]Cc1ccccc1. The molecule has 0 aliphatic heterocycles. The average Bonchev–Trinajstić information content (AvgIpc) is 2.14. The van der Waals surface area contributed by atoms with Gasteiger partial charge in [-0.05, 0) is 0 Å². The third-order valence-corrected chi connectivity index (χ3v) is 4.94. The van der Waals surface area contributed by atoms with Crippen molar-refractivity contribution in [2.24, 2.45) is 0 Å². The molecule has 0 bridgehead atoms. The monoisotopic (exact) mass is 278 g/mol. The van der Waals surface area contributed by atoms with Gasteiger partial charge in [0.15, 0.2) is 0 Å². The van der Waals surface area contributed by atoms with Crippen LogP contribution in [0.5, 0.6) is 0 Å². The molecule has 0 unspecified atom stereocenters. The van der Waals surface area contributed by atoms with E-state index in [4.69, 9.17) is 0 Å². The molecule has 0 aromatic heterocycles. The molecular weight excluding hydrogens is 260 g/mol. The van der Waals surface area contributed by atoms with Crippen LogP contribution >= 0.6 is 0 Å². The Balaban J connectivity index is 2.16. The first-order valence-electron chi connectivity index (χ1n) is 4.55. The van der Waals surface area contributed by atoms with Gasteiger partial charge in [-0.15, -0.1) is 0 Å². The molecule has 0 amide bonds. The Morgan fingerprint density at radius 2 is 1.92 bits per heavy atom. The summed E-state index contributed by atoms with van der Waals surface area (Å²) in [5.41, 5.74) is 1.54. The maximum absolute atomic E-state index is 2.27. The zero-order valence-corrected chi connectivity index (χ0v) is 9.95. The minimum absolute atomic E-state index is 0.275. The van der Waals surface area contributed by atoms with E-state index >= 15 is 0 Å². The van der Waals surface area contributed by atoms with Gasteiger partial charge < -0.3 is 0 Å². The normalized spacial score (nSPS) is 10.1. The summed E-state index contributed by atoms with van der Waals surface area (Å²) < 4.78 is 2.89. The van der Waals surface area contributed by atoms with E-state index in [1.165, 1.54) is 27.3 Å². The van der Waals surface area contributed by atoms with Gasteiger partial charge in [-0.25, -0.2) is 0 Å². The Morgan fingerprint density at radius 1 is 1.17 bits per heavy atom. The van der Waals surface area contributed by atoms with Crippen LogP contribution in [0.2, 0.25) is 4.47 Å². The molecule has 1 aromatic carbocycles. The molecule has 0 saturated heterocycles. The van der Waals surface area contributed by atoms with Crippen molar-refractivity contribution in [1.29, 1.82) is 0 Å². The van der Waals surface area contributed by atoms with Crippen molar-refractivity contribution in [3.8, 4) is 0 Å². The van der Waals surface area contributed by atoms with Crippen molar-refractivity contribution in [1.82, 2.24) is 0 Å². The van der Waals surface area contributed by atoms with Crippen LogP contribution in [0.1, 0.15) is 25.3 Å². The molecule has 0 fully saturated rings. The van der Waals surface area contributed by atoms with Crippen molar-refractivity contribution < 1.29 is 0 Å². The number of hydrogen-bond acceptors (Lipinski definition) is 0. The van der Waals surface area contributed by atoms with E-state index < -0.39 is 0 Å². The molecule has 0 aliphatic rings. The molecule has 0 atom stereocenters. The van der Waals surface area contributed by atoms with Crippen molar-refractivity contribution in [3.63, 3.8) is 0 Å². The van der Waals surface area contributed by atoms with E-state index in [1.54, 1.807) is 0 Å². The van der Waals surface area contributed by atoms with Crippen molar-refractivity contribution in [2.75, 3.05) is 0 Å². The van der Waals surface area contributed by atoms with Crippen LogP contribution in [0.3, 0.4) is 0 Å². The fourth-order valence-electron chi connectivity index (χ4n) is 1.01. The number of rotatable bonds is 5. The quantitative estimate of drug-likeness (QED) is 0.572. The predicted molar refractivity (Wildman–Crippen MR) is 55.6 cm³/mol. The van der Waals surface area contributed by atoms with Gasteiger partial charge in [-0.2, -0.15) is 0 Å². The fraction of sp³-hybridized carbons (Fsp3) is 0.455. The van der Waals surface area contributed by atoms with Crippen molar-refractivity contribution in [2.45, 2.75) is 28.7 Å². The van der Waals surface area contributed by atoms with E-state index in [1.807, 2.05) is 0 Å². The van der Waals surface area contributed by atoms with Crippen LogP contribution < -0.4 is 0 Å². The van der Waals surface area contributed by atoms with Gasteiger partial charge in [0.25, 0.3) is 0 Å². The first kappa shape index (κ1) is 10.1. The second-order valence-electron chi connectivity index (χ2n) is 2.89. The van der Waals surface area contributed by atoms with Crippen LogP contribution in [-0.2, 0) is 4.47 Å². The Hall–Kier alpha value is 0.00961. The standard InChI is InChI=1S/C11H16Te/c1-2-3-9-12-10-11-7-5-4-6-8-11/h4-8H,2-3,9-10H2,1H3. The van der Waals surface area contributed by atoms with Crippen LogP contribution in [0.15, 0.2) is 30.3 Å². The van der Waals surface area contributed by atoms with Crippen LogP contribution in [0, 0.1) is 0 Å². The van der Waals surface area contributed by atoms with Gasteiger partial charge in [0, 0.05) is 0 Å². The topological polar surface area (TPSA) is 0 Å². The molecule has 0 N–H and O–H groups in total. The zero-order valence-electron chi connectivity index (χ0n) is 7.62. The molecule has 1 heteroatoms. The van der Waals surface area contributed by atoms with E-state index in [9.17, 15) is 0 Å². The molecule has 0 spiro atoms. The summed E-state index contributed by atoms with van der Waals surface area (Å²) in [6, 6.07) is 10.9. The number of unbranched alkanes of at least 4 members (excludes halogenated alkanes) is 1. The third-order valence-electron chi connectivity index (χ3n) is 1.75. The Labute approximate surface area is 85.5 Å². The van der Waals surface area contributed by atoms with Crippen molar-refractivity contribution in [3.05, 3.63) is 35.9 Å². The van der Waals surface area contributed by atoms with Crippen molar-refractivity contribution >= 4 is 20.9 Å². The summed E-state index contributed by atoms with van der Waals surface area (Å²) in [4.78, 5) is 0. The third kappa shape index (κ3) is 4.14. The number of hydrogen-bond donors (Lipinski definition) is 0. The maximum atomic E-state index is 2.27. The molecule has 0 radical (unpaired) electrons.